The highest BCUT2D eigenvalue weighted by Crippen LogP contribution is 2.45. The largest absolute Gasteiger partial charge is 0.417 e. The van der Waals surface area contributed by atoms with Crippen molar-refractivity contribution in [2.24, 2.45) is 0 Å². The summed E-state index contributed by atoms with van der Waals surface area (Å²) in [6, 6.07) is 4.03. The summed E-state index contributed by atoms with van der Waals surface area (Å²) in [5, 5.41) is -0.269. The summed E-state index contributed by atoms with van der Waals surface area (Å²) in [6.07, 6.45) is -9.29. The highest BCUT2D eigenvalue weighted by molar-refractivity contribution is 9.10. The number of fused-ring (bicyclic) bond motifs is 3. The Morgan fingerprint density at radius 1 is 0.783 bits per heavy atom. The molecule has 0 unspecified atom stereocenters. The van der Waals surface area contributed by atoms with E-state index in [0.717, 1.165) is 29.5 Å². The molecule has 0 aliphatic heterocycles. The van der Waals surface area contributed by atoms with E-state index in [2.05, 4.69) is 15.9 Å². The molecule has 0 aliphatic rings. The second kappa shape index (κ2) is 5.26. The predicted octanol–water partition coefficient (Wildman–Crippen LogP) is 7.51. The zero-order valence-corrected chi connectivity index (χ0v) is 13.9. The van der Waals surface area contributed by atoms with Crippen LogP contribution >= 0.6 is 38.9 Å². The second-order valence-corrected chi connectivity index (χ2v) is 7.10. The van der Waals surface area contributed by atoms with Gasteiger partial charge in [0.2, 0.25) is 0 Å². The maximum atomic E-state index is 13.0. The number of benzene rings is 2. The Morgan fingerprint density at radius 3 is 1.78 bits per heavy atom. The molecule has 0 N–H and O–H groups in total. The number of hydrogen-bond donors (Lipinski definition) is 0. The van der Waals surface area contributed by atoms with Crippen molar-refractivity contribution < 1.29 is 26.3 Å². The topological polar surface area (TPSA) is 0 Å². The van der Waals surface area contributed by atoms with E-state index in [9.17, 15) is 26.3 Å². The third kappa shape index (κ3) is 2.92. The van der Waals surface area contributed by atoms with Crippen LogP contribution in [0.25, 0.3) is 20.2 Å². The Labute approximate surface area is 142 Å². The van der Waals surface area contributed by atoms with Crippen molar-refractivity contribution in [3.05, 3.63) is 44.9 Å². The molecule has 0 amide bonds. The summed E-state index contributed by atoms with van der Waals surface area (Å²) in [4.78, 5) is 0. The Bertz CT molecular complexity index is 851. The fraction of sp³-hybridized carbons (Fsp3) is 0.143. The third-order valence-electron chi connectivity index (χ3n) is 3.26. The van der Waals surface area contributed by atoms with Gasteiger partial charge in [-0.2, -0.15) is 26.3 Å². The van der Waals surface area contributed by atoms with E-state index < -0.39 is 28.5 Å². The van der Waals surface area contributed by atoms with Crippen LogP contribution in [-0.4, -0.2) is 0 Å². The minimum atomic E-state index is -4.68. The van der Waals surface area contributed by atoms with Gasteiger partial charge in [-0.15, -0.1) is 11.3 Å². The zero-order valence-electron chi connectivity index (χ0n) is 10.7. The van der Waals surface area contributed by atoms with Gasteiger partial charge in [0.05, 0.1) is 16.1 Å². The Hall–Kier alpha value is -0.990. The first kappa shape index (κ1) is 16.9. The predicted molar refractivity (Wildman–Crippen MR) is 82.0 cm³/mol. The van der Waals surface area contributed by atoms with Crippen LogP contribution in [0, 0.1) is 0 Å². The summed E-state index contributed by atoms with van der Waals surface area (Å²) < 4.78 is 78.5. The van der Waals surface area contributed by atoms with E-state index in [1.807, 2.05) is 0 Å². The smallest absolute Gasteiger partial charge is 0.166 e. The van der Waals surface area contributed by atoms with Crippen molar-refractivity contribution in [1.29, 1.82) is 0 Å². The van der Waals surface area contributed by atoms with Crippen LogP contribution < -0.4 is 0 Å². The van der Waals surface area contributed by atoms with Crippen LogP contribution in [0.4, 0.5) is 26.3 Å². The van der Waals surface area contributed by atoms with E-state index in [-0.39, 0.29) is 15.2 Å². The molecule has 1 heterocycles. The molecule has 0 atom stereocenters. The van der Waals surface area contributed by atoms with Gasteiger partial charge in [-0.1, -0.05) is 27.5 Å². The maximum Gasteiger partial charge on any atom is 0.417 e. The maximum absolute atomic E-state index is 13.0. The Morgan fingerprint density at radius 2 is 1.26 bits per heavy atom. The first-order valence-corrected chi connectivity index (χ1v) is 7.97. The lowest BCUT2D eigenvalue weighted by atomic mass is 10.1. The molecule has 0 bridgehead atoms. The fourth-order valence-corrected chi connectivity index (χ4v) is 4.46. The van der Waals surface area contributed by atoms with Gasteiger partial charge in [0.15, 0.2) is 0 Å². The van der Waals surface area contributed by atoms with Crippen molar-refractivity contribution in [3.8, 4) is 0 Å². The lowest BCUT2D eigenvalue weighted by Gasteiger charge is -2.10. The monoisotopic (exact) mass is 432 g/mol. The van der Waals surface area contributed by atoms with Crippen LogP contribution in [-0.2, 0) is 12.4 Å². The molecule has 3 aromatic rings. The van der Waals surface area contributed by atoms with Gasteiger partial charge >= 0.3 is 12.4 Å². The van der Waals surface area contributed by atoms with Crippen molar-refractivity contribution >= 4 is 59.0 Å². The van der Waals surface area contributed by atoms with Gasteiger partial charge in [-0.25, -0.2) is 0 Å². The SMILES string of the molecule is FC(F)(F)c1cc2c(cc1Cl)sc1cc(Br)c(C(F)(F)F)cc12. The second-order valence-electron chi connectivity index (χ2n) is 4.75. The average Bonchev–Trinajstić information content (AvgIpc) is 2.70. The molecular formula is C14H4BrClF6S. The first-order valence-electron chi connectivity index (χ1n) is 5.98. The summed E-state index contributed by atoms with van der Waals surface area (Å²) >= 11 is 9.58. The number of alkyl halides is 6. The summed E-state index contributed by atoms with van der Waals surface area (Å²) in [6.45, 7) is 0. The first-order chi connectivity index (χ1) is 10.5. The van der Waals surface area contributed by atoms with E-state index in [0.29, 0.717) is 9.40 Å². The summed E-state index contributed by atoms with van der Waals surface area (Å²) in [7, 11) is 0. The van der Waals surface area contributed by atoms with Crippen LogP contribution in [0.1, 0.15) is 11.1 Å². The average molecular weight is 434 g/mol. The molecule has 3 rings (SSSR count). The molecule has 0 nitrogen and oxygen atoms in total. The summed E-state index contributed by atoms with van der Waals surface area (Å²) in [5.41, 5.74) is -2.00. The van der Waals surface area contributed by atoms with Gasteiger partial charge in [0.25, 0.3) is 0 Å². The molecule has 122 valence electrons. The minimum absolute atomic E-state index is 0.0970. The molecule has 0 saturated heterocycles. The highest BCUT2D eigenvalue weighted by atomic mass is 79.9. The van der Waals surface area contributed by atoms with Crippen LogP contribution in [0.3, 0.4) is 0 Å². The minimum Gasteiger partial charge on any atom is -0.166 e. The fourth-order valence-electron chi connectivity index (χ4n) is 2.25. The molecular weight excluding hydrogens is 430 g/mol. The van der Waals surface area contributed by atoms with Crippen LogP contribution in [0.5, 0.6) is 0 Å². The third-order valence-corrected chi connectivity index (χ3v) is 5.34. The van der Waals surface area contributed by atoms with Gasteiger partial charge in [0, 0.05) is 24.6 Å². The van der Waals surface area contributed by atoms with Gasteiger partial charge in [-0.05, 0) is 24.3 Å². The zero-order chi connectivity index (χ0) is 17.2. The molecule has 0 saturated carbocycles. The van der Waals surface area contributed by atoms with E-state index in [1.54, 1.807) is 0 Å². The molecule has 0 aliphatic carbocycles. The standard InChI is InChI=1S/C14H4BrClF6S/c15-9-3-11-5(1-7(9)13(17,18)19)6-2-8(14(20,21)22)10(16)4-12(6)23-11/h1-4H. The van der Waals surface area contributed by atoms with Crippen LogP contribution in [0.15, 0.2) is 28.7 Å². The van der Waals surface area contributed by atoms with Crippen molar-refractivity contribution in [2.45, 2.75) is 12.4 Å². The van der Waals surface area contributed by atoms with E-state index >= 15 is 0 Å². The quantitative estimate of drug-likeness (QED) is 0.322. The molecule has 0 spiro atoms. The molecule has 23 heavy (non-hydrogen) atoms. The van der Waals surface area contributed by atoms with Crippen molar-refractivity contribution in [3.63, 3.8) is 0 Å². The van der Waals surface area contributed by atoms with Gasteiger partial charge in [-0.3, -0.25) is 0 Å². The van der Waals surface area contributed by atoms with Gasteiger partial charge in [0.1, 0.15) is 0 Å². The number of hydrogen-bond acceptors (Lipinski definition) is 1. The highest BCUT2D eigenvalue weighted by Gasteiger charge is 2.35. The molecule has 9 heteroatoms. The number of thiophene rings is 1. The normalized spacial score (nSPS) is 13.2. The summed E-state index contributed by atoms with van der Waals surface area (Å²) in [5.74, 6) is 0. The van der Waals surface area contributed by atoms with E-state index in [4.69, 9.17) is 11.6 Å². The van der Waals surface area contributed by atoms with Gasteiger partial charge < -0.3 is 0 Å². The molecule has 1 aromatic heterocycles. The Kier molecular flexibility index (Phi) is 3.85. The lowest BCUT2D eigenvalue weighted by molar-refractivity contribution is -0.138. The van der Waals surface area contributed by atoms with Crippen LogP contribution in [0.2, 0.25) is 5.02 Å². The molecule has 2 aromatic carbocycles. The van der Waals surface area contributed by atoms with Crippen molar-refractivity contribution in [2.75, 3.05) is 0 Å². The van der Waals surface area contributed by atoms with E-state index in [1.165, 1.54) is 6.07 Å². The molecule has 0 radical (unpaired) electrons. The lowest BCUT2D eigenvalue weighted by Crippen LogP contribution is -2.06. The number of halogens is 8. The molecule has 0 fully saturated rings. The van der Waals surface area contributed by atoms with Crippen molar-refractivity contribution in [1.82, 2.24) is 0 Å². The Balaban J connectivity index is 2.40. The number of rotatable bonds is 0.